The summed E-state index contributed by atoms with van der Waals surface area (Å²) in [5.74, 6) is -0.806. The maximum atomic E-state index is 12.0. The van der Waals surface area contributed by atoms with E-state index in [1.54, 1.807) is 45.2 Å². The van der Waals surface area contributed by atoms with E-state index in [1.807, 2.05) is 0 Å². The summed E-state index contributed by atoms with van der Waals surface area (Å²) >= 11 is 0. The van der Waals surface area contributed by atoms with Crippen molar-refractivity contribution in [1.29, 1.82) is 0 Å². The number of esters is 2. The minimum atomic E-state index is -0.653. The van der Waals surface area contributed by atoms with Crippen LogP contribution in [-0.2, 0) is 19.1 Å². The predicted octanol–water partition coefficient (Wildman–Crippen LogP) is 2.30. The number of carbonyl (C=O) groups is 2. The average molecular weight is 280 g/mol. The average Bonchev–Trinajstić information content (AvgIpc) is 2.45. The second-order valence-corrected chi connectivity index (χ2v) is 4.09. The second-order valence-electron chi connectivity index (χ2n) is 4.09. The van der Waals surface area contributed by atoms with Gasteiger partial charge in [-0.25, -0.2) is 0 Å². The molecule has 5 nitrogen and oxygen atoms in total. The van der Waals surface area contributed by atoms with Gasteiger partial charge in [-0.05, 0) is 31.5 Å². The fraction of sp³-hybridized carbons (Fsp3) is 0.467. The molecule has 0 amide bonds. The molecule has 0 heterocycles. The van der Waals surface area contributed by atoms with Crippen molar-refractivity contribution in [2.75, 3.05) is 20.3 Å². The SMILES string of the molecule is CCOC(=O)C[C@H](C(=O)OCC)c1ccc(OC)cc1. The highest BCUT2D eigenvalue weighted by atomic mass is 16.5. The van der Waals surface area contributed by atoms with E-state index in [1.165, 1.54) is 0 Å². The molecule has 0 aliphatic rings. The van der Waals surface area contributed by atoms with Gasteiger partial charge in [0, 0.05) is 0 Å². The van der Waals surface area contributed by atoms with Crippen molar-refractivity contribution in [3.63, 3.8) is 0 Å². The Morgan fingerprint density at radius 1 is 1.05 bits per heavy atom. The lowest BCUT2D eigenvalue weighted by molar-refractivity contribution is -0.151. The van der Waals surface area contributed by atoms with E-state index in [0.717, 1.165) is 0 Å². The zero-order chi connectivity index (χ0) is 15.0. The van der Waals surface area contributed by atoms with Gasteiger partial charge in [-0.2, -0.15) is 0 Å². The maximum Gasteiger partial charge on any atom is 0.313 e. The van der Waals surface area contributed by atoms with Gasteiger partial charge in [0.1, 0.15) is 5.75 Å². The first-order valence-corrected chi connectivity index (χ1v) is 6.58. The smallest absolute Gasteiger partial charge is 0.313 e. The highest BCUT2D eigenvalue weighted by Crippen LogP contribution is 2.24. The largest absolute Gasteiger partial charge is 0.497 e. The lowest BCUT2D eigenvalue weighted by Gasteiger charge is -2.15. The van der Waals surface area contributed by atoms with Crippen molar-refractivity contribution in [3.05, 3.63) is 29.8 Å². The monoisotopic (exact) mass is 280 g/mol. The molecule has 1 rings (SSSR count). The van der Waals surface area contributed by atoms with Crippen molar-refractivity contribution in [1.82, 2.24) is 0 Å². The molecular formula is C15H20O5. The van der Waals surface area contributed by atoms with Crippen LogP contribution >= 0.6 is 0 Å². The fourth-order valence-corrected chi connectivity index (χ4v) is 1.80. The molecule has 0 radical (unpaired) electrons. The number of ether oxygens (including phenoxy) is 3. The van der Waals surface area contributed by atoms with E-state index in [2.05, 4.69) is 0 Å². The Morgan fingerprint density at radius 2 is 1.65 bits per heavy atom. The van der Waals surface area contributed by atoms with E-state index in [0.29, 0.717) is 11.3 Å². The van der Waals surface area contributed by atoms with Crippen molar-refractivity contribution in [3.8, 4) is 5.75 Å². The molecule has 0 aliphatic carbocycles. The van der Waals surface area contributed by atoms with Gasteiger partial charge < -0.3 is 14.2 Å². The van der Waals surface area contributed by atoms with Gasteiger partial charge in [0.2, 0.25) is 0 Å². The lowest BCUT2D eigenvalue weighted by atomic mass is 9.96. The number of carbonyl (C=O) groups excluding carboxylic acids is 2. The Balaban J connectivity index is 2.90. The second kappa shape index (κ2) is 8.19. The molecule has 0 bridgehead atoms. The normalized spacial score (nSPS) is 11.6. The fourth-order valence-electron chi connectivity index (χ4n) is 1.80. The van der Waals surface area contributed by atoms with Crippen LogP contribution in [0.4, 0.5) is 0 Å². The van der Waals surface area contributed by atoms with Crippen LogP contribution in [0.1, 0.15) is 31.7 Å². The van der Waals surface area contributed by atoms with Crippen LogP contribution in [0.3, 0.4) is 0 Å². The molecule has 0 N–H and O–H groups in total. The number of hydrogen-bond acceptors (Lipinski definition) is 5. The zero-order valence-electron chi connectivity index (χ0n) is 12.0. The van der Waals surface area contributed by atoms with Crippen LogP contribution in [0.15, 0.2) is 24.3 Å². The Labute approximate surface area is 118 Å². The highest BCUT2D eigenvalue weighted by Gasteiger charge is 2.25. The summed E-state index contributed by atoms with van der Waals surface area (Å²) in [6, 6.07) is 6.98. The third kappa shape index (κ3) is 4.57. The Kier molecular flexibility index (Phi) is 6.56. The Morgan fingerprint density at radius 3 is 2.15 bits per heavy atom. The highest BCUT2D eigenvalue weighted by molar-refractivity contribution is 5.84. The van der Waals surface area contributed by atoms with E-state index < -0.39 is 17.9 Å². The lowest BCUT2D eigenvalue weighted by Crippen LogP contribution is -2.20. The van der Waals surface area contributed by atoms with Crippen molar-refractivity contribution in [2.24, 2.45) is 0 Å². The molecule has 0 aliphatic heterocycles. The molecule has 20 heavy (non-hydrogen) atoms. The number of methoxy groups -OCH3 is 1. The predicted molar refractivity (Wildman–Crippen MR) is 73.6 cm³/mol. The van der Waals surface area contributed by atoms with E-state index in [-0.39, 0.29) is 19.6 Å². The van der Waals surface area contributed by atoms with Crippen molar-refractivity contribution >= 4 is 11.9 Å². The van der Waals surface area contributed by atoms with Gasteiger partial charge >= 0.3 is 11.9 Å². The van der Waals surface area contributed by atoms with E-state index in [4.69, 9.17) is 14.2 Å². The van der Waals surface area contributed by atoms with E-state index >= 15 is 0 Å². The van der Waals surface area contributed by atoms with Gasteiger partial charge in [-0.1, -0.05) is 12.1 Å². The van der Waals surface area contributed by atoms with Gasteiger partial charge in [0.15, 0.2) is 0 Å². The standard InChI is InChI=1S/C15H20O5/c1-4-19-14(16)10-13(15(17)20-5-2)11-6-8-12(18-3)9-7-11/h6-9,13H,4-5,10H2,1-3H3/t13-/m0/s1. The molecule has 110 valence electrons. The molecule has 0 unspecified atom stereocenters. The Hall–Kier alpha value is -2.04. The van der Waals surface area contributed by atoms with E-state index in [9.17, 15) is 9.59 Å². The maximum absolute atomic E-state index is 12.0. The van der Waals surface area contributed by atoms with Crippen LogP contribution in [0.5, 0.6) is 5.75 Å². The van der Waals surface area contributed by atoms with Crippen LogP contribution in [0.25, 0.3) is 0 Å². The first kappa shape index (κ1) is 16.0. The third-order valence-electron chi connectivity index (χ3n) is 2.77. The molecule has 1 aromatic rings. The molecule has 0 spiro atoms. The number of benzene rings is 1. The molecule has 0 fully saturated rings. The summed E-state index contributed by atoms with van der Waals surface area (Å²) in [4.78, 5) is 23.6. The summed E-state index contributed by atoms with van der Waals surface area (Å²) in [6.45, 7) is 4.02. The molecule has 0 saturated carbocycles. The van der Waals surface area contributed by atoms with Crippen LogP contribution in [0, 0.1) is 0 Å². The van der Waals surface area contributed by atoms with Gasteiger partial charge in [-0.3, -0.25) is 9.59 Å². The minimum Gasteiger partial charge on any atom is -0.497 e. The van der Waals surface area contributed by atoms with Crippen molar-refractivity contribution in [2.45, 2.75) is 26.2 Å². The quantitative estimate of drug-likeness (QED) is 0.717. The molecule has 0 aromatic heterocycles. The summed E-state index contributed by atoms with van der Waals surface area (Å²) in [7, 11) is 1.57. The molecule has 5 heteroatoms. The molecule has 1 atom stereocenters. The number of rotatable bonds is 7. The summed E-state index contributed by atoms with van der Waals surface area (Å²) in [6.07, 6.45) is -0.0288. The van der Waals surface area contributed by atoms with Crippen LogP contribution in [0.2, 0.25) is 0 Å². The van der Waals surface area contributed by atoms with Crippen LogP contribution < -0.4 is 4.74 Å². The van der Waals surface area contributed by atoms with Gasteiger partial charge in [-0.15, -0.1) is 0 Å². The summed E-state index contributed by atoms with van der Waals surface area (Å²) in [5, 5.41) is 0. The topological polar surface area (TPSA) is 61.8 Å². The molecule has 1 aromatic carbocycles. The third-order valence-corrected chi connectivity index (χ3v) is 2.77. The summed E-state index contributed by atoms with van der Waals surface area (Å²) in [5.41, 5.74) is 0.706. The minimum absolute atomic E-state index is 0.0288. The molecular weight excluding hydrogens is 260 g/mol. The van der Waals surface area contributed by atoms with Crippen LogP contribution in [-0.4, -0.2) is 32.3 Å². The molecule has 0 saturated heterocycles. The first-order valence-electron chi connectivity index (χ1n) is 6.58. The first-order chi connectivity index (χ1) is 9.62. The number of hydrogen-bond donors (Lipinski definition) is 0. The van der Waals surface area contributed by atoms with Gasteiger partial charge in [0.25, 0.3) is 0 Å². The Bertz CT molecular complexity index is 438. The zero-order valence-corrected chi connectivity index (χ0v) is 12.0. The summed E-state index contributed by atoms with van der Waals surface area (Å²) < 4.78 is 15.0. The van der Waals surface area contributed by atoms with Gasteiger partial charge in [0.05, 0.1) is 32.7 Å². The van der Waals surface area contributed by atoms with Crippen molar-refractivity contribution < 1.29 is 23.8 Å².